The van der Waals surface area contributed by atoms with Gasteiger partial charge in [-0.2, -0.15) is 0 Å². The normalized spacial score (nSPS) is 19.1. The number of carbonyl (C=O) groups is 1. The summed E-state index contributed by atoms with van der Waals surface area (Å²) in [5, 5.41) is 6.07. The van der Waals surface area contributed by atoms with E-state index in [-0.39, 0.29) is 36.3 Å². The summed E-state index contributed by atoms with van der Waals surface area (Å²) in [5.41, 5.74) is 0.832. The van der Waals surface area contributed by atoms with Crippen molar-refractivity contribution in [2.24, 2.45) is 0 Å². The van der Waals surface area contributed by atoms with E-state index in [9.17, 15) is 9.18 Å². The lowest BCUT2D eigenvalue weighted by molar-refractivity contribution is -0.122. The maximum absolute atomic E-state index is 12.9. The lowest BCUT2D eigenvalue weighted by Crippen LogP contribution is -2.44. The van der Waals surface area contributed by atoms with Crippen LogP contribution in [0.25, 0.3) is 0 Å². The Bertz CT molecular complexity index is 453. The van der Waals surface area contributed by atoms with Gasteiger partial charge in [-0.25, -0.2) is 4.39 Å². The summed E-state index contributed by atoms with van der Waals surface area (Å²) in [4.78, 5) is 11.9. The van der Waals surface area contributed by atoms with Gasteiger partial charge in [-0.1, -0.05) is 12.1 Å². The first kappa shape index (κ1) is 18.8. The molecule has 1 fully saturated rings. The molecule has 22 heavy (non-hydrogen) atoms. The molecule has 1 heterocycles. The lowest BCUT2D eigenvalue weighted by Gasteiger charge is -2.23. The Kier molecular flexibility index (Phi) is 8.34. The number of benzene rings is 1. The van der Waals surface area contributed by atoms with Crippen LogP contribution in [0.1, 0.15) is 18.1 Å². The fourth-order valence-electron chi connectivity index (χ4n) is 2.27. The van der Waals surface area contributed by atoms with Crippen LogP contribution in [0.4, 0.5) is 4.39 Å². The van der Waals surface area contributed by atoms with Gasteiger partial charge in [0.15, 0.2) is 0 Å². The van der Waals surface area contributed by atoms with Crippen LogP contribution in [0.5, 0.6) is 0 Å². The van der Waals surface area contributed by atoms with Crippen LogP contribution in [0.2, 0.25) is 0 Å². The number of amides is 1. The third kappa shape index (κ3) is 5.88. The molecule has 0 radical (unpaired) electrons. The average molecular weight is 333 g/mol. The second kappa shape index (κ2) is 9.74. The molecule has 0 saturated carbocycles. The topological polar surface area (TPSA) is 59.6 Å². The molecule has 1 aromatic carbocycles. The van der Waals surface area contributed by atoms with Gasteiger partial charge in [-0.3, -0.25) is 4.79 Å². The van der Waals surface area contributed by atoms with E-state index in [1.807, 2.05) is 0 Å². The molecular formula is C15H22ClFN2O3. The Morgan fingerprint density at radius 1 is 1.50 bits per heavy atom. The van der Waals surface area contributed by atoms with Gasteiger partial charge >= 0.3 is 0 Å². The summed E-state index contributed by atoms with van der Waals surface area (Å²) in [5.74, 6) is -0.344. The first-order valence-electron chi connectivity index (χ1n) is 7.05. The third-order valence-corrected chi connectivity index (χ3v) is 3.44. The van der Waals surface area contributed by atoms with Gasteiger partial charge in [0.2, 0.25) is 5.91 Å². The van der Waals surface area contributed by atoms with Crippen LogP contribution in [-0.2, 0) is 14.3 Å². The molecular weight excluding hydrogens is 311 g/mol. The molecule has 0 spiro atoms. The maximum Gasteiger partial charge on any atom is 0.221 e. The average Bonchev–Trinajstić information content (AvgIpc) is 2.50. The van der Waals surface area contributed by atoms with Gasteiger partial charge in [0.05, 0.1) is 19.3 Å². The Balaban J connectivity index is 0.00000242. The molecule has 2 N–H and O–H groups in total. The van der Waals surface area contributed by atoms with Crippen LogP contribution in [-0.4, -0.2) is 45.4 Å². The molecule has 2 atom stereocenters. The molecule has 2 rings (SSSR count). The van der Waals surface area contributed by atoms with Crippen molar-refractivity contribution >= 4 is 18.3 Å². The van der Waals surface area contributed by atoms with Crippen molar-refractivity contribution < 1.29 is 18.7 Å². The number of hydrogen-bond donors (Lipinski definition) is 2. The fraction of sp³-hybridized carbons (Fsp3) is 0.533. The predicted octanol–water partition coefficient (Wildman–Crippen LogP) is 1.43. The zero-order valence-electron chi connectivity index (χ0n) is 12.5. The van der Waals surface area contributed by atoms with E-state index in [2.05, 4.69) is 10.6 Å². The van der Waals surface area contributed by atoms with Gasteiger partial charge in [-0.05, 0) is 17.7 Å². The summed E-state index contributed by atoms with van der Waals surface area (Å²) >= 11 is 0. The monoisotopic (exact) mass is 332 g/mol. The van der Waals surface area contributed by atoms with Crippen LogP contribution in [0.3, 0.4) is 0 Å². The summed E-state index contributed by atoms with van der Waals surface area (Å²) in [6.07, 6.45) is 0.0879. The van der Waals surface area contributed by atoms with Gasteiger partial charge in [0.25, 0.3) is 0 Å². The lowest BCUT2D eigenvalue weighted by atomic mass is 10.1. The zero-order chi connectivity index (χ0) is 15.1. The van der Waals surface area contributed by atoms with Crippen molar-refractivity contribution in [3.05, 3.63) is 35.6 Å². The Morgan fingerprint density at radius 2 is 2.23 bits per heavy atom. The van der Waals surface area contributed by atoms with Gasteiger partial charge in [0.1, 0.15) is 5.82 Å². The third-order valence-electron chi connectivity index (χ3n) is 3.44. The van der Waals surface area contributed by atoms with E-state index in [1.54, 1.807) is 19.2 Å². The highest BCUT2D eigenvalue weighted by Gasteiger charge is 2.18. The number of ether oxygens (including phenoxy) is 2. The van der Waals surface area contributed by atoms with Crippen molar-refractivity contribution in [2.75, 3.05) is 33.4 Å². The SMILES string of the molecule is COC(CNC(=O)CC1COCCN1)c1ccc(F)cc1.Cl. The molecule has 124 valence electrons. The van der Waals surface area contributed by atoms with Crippen LogP contribution >= 0.6 is 12.4 Å². The highest BCUT2D eigenvalue weighted by atomic mass is 35.5. The molecule has 5 nitrogen and oxygen atoms in total. The molecule has 0 bridgehead atoms. The second-order valence-electron chi connectivity index (χ2n) is 5.01. The maximum atomic E-state index is 12.9. The quantitative estimate of drug-likeness (QED) is 0.827. The van der Waals surface area contributed by atoms with Crippen LogP contribution in [0, 0.1) is 5.82 Å². The summed E-state index contributed by atoms with van der Waals surface area (Å²) in [7, 11) is 1.57. The number of rotatable bonds is 6. The first-order valence-corrected chi connectivity index (χ1v) is 7.05. The second-order valence-corrected chi connectivity index (χ2v) is 5.01. The molecule has 0 aliphatic carbocycles. The summed E-state index contributed by atoms with van der Waals surface area (Å²) in [6, 6.07) is 6.14. The molecule has 1 saturated heterocycles. The van der Waals surface area contributed by atoms with E-state index >= 15 is 0 Å². The molecule has 1 aromatic rings. The van der Waals surface area contributed by atoms with Crippen molar-refractivity contribution in [3.8, 4) is 0 Å². The number of carbonyl (C=O) groups excluding carboxylic acids is 1. The zero-order valence-corrected chi connectivity index (χ0v) is 13.3. The summed E-state index contributed by atoms with van der Waals surface area (Å²) in [6.45, 7) is 2.37. The van der Waals surface area contributed by atoms with Crippen molar-refractivity contribution in [3.63, 3.8) is 0 Å². The number of halogens is 2. The van der Waals surface area contributed by atoms with Crippen LogP contribution < -0.4 is 10.6 Å². The molecule has 2 unspecified atom stereocenters. The van der Waals surface area contributed by atoms with Crippen LogP contribution in [0.15, 0.2) is 24.3 Å². The van der Waals surface area contributed by atoms with Gasteiger partial charge < -0.3 is 20.1 Å². The number of hydrogen-bond acceptors (Lipinski definition) is 4. The molecule has 1 aliphatic heterocycles. The van der Waals surface area contributed by atoms with Crippen molar-refractivity contribution in [1.82, 2.24) is 10.6 Å². The number of methoxy groups -OCH3 is 1. The van der Waals surface area contributed by atoms with Crippen molar-refractivity contribution in [2.45, 2.75) is 18.6 Å². The number of morpholine rings is 1. The van der Waals surface area contributed by atoms with E-state index in [1.165, 1.54) is 12.1 Å². The Morgan fingerprint density at radius 3 is 2.82 bits per heavy atom. The highest BCUT2D eigenvalue weighted by molar-refractivity contribution is 5.85. The standard InChI is InChI=1S/C15H21FN2O3.ClH/c1-20-14(11-2-4-12(16)5-3-11)9-18-15(19)8-13-10-21-7-6-17-13;/h2-5,13-14,17H,6-10H2,1H3,(H,18,19);1H. The minimum Gasteiger partial charge on any atom is -0.378 e. The number of nitrogens with one attached hydrogen (secondary N) is 2. The molecule has 7 heteroatoms. The van der Waals surface area contributed by atoms with Crippen molar-refractivity contribution in [1.29, 1.82) is 0 Å². The highest BCUT2D eigenvalue weighted by Crippen LogP contribution is 2.16. The molecule has 0 aromatic heterocycles. The Hall–Kier alpha value is -1.21. The van der Waals surface area contributed by atoms with Gasteiger partial charge in [-0.15, -0.1) is 12.4 Å². The first-order chi connectivity index (χ1) is 10.2. The predicted molar refractivity (Wildman–Crippen MR) is 83.6 cm³/mol. The smallest absolute Gasteiger partial charge is 0.221 e. The minimum atomic E-state index is -0.291. The summed E-state index contributed by atoms with van der Waals surface area (Å²) < 4.78 is 23.5. The fourth-order valence-corrected chi connectivity index (χ4v) is 2.27. The van der Waals surface area contributed by atoms with Gasteiger partial charge in [0, 0.05) is 32.7 Å². The molecule has 1 aliphatic rings. The van der Waals surface area contributed by atoms with E-state index in [4.69, 9.17) is 9.47 Å². The minimum absolute atomic E-state index is 0. The van der Waals surface area contributed by atoms with E-state index in [0.29, 0.717) is 26.2 Å². The van der Waals surface area contributed by atoms with E-state index < -0.39 is 0 Å². The Labute approximate surface area is 136 Å². The largest absolute Gasteiger partial charge is 0.378 e. The molecule has 1 amide bonds. The van der Waals surface area contributed by atoms with E-state index in [0.717, 1.165) is 12.1 Å².